The van der Waals surface area contributed by atoms with E-state index in [1.807, 2.05) is 0 Å². The number of carbonyl (C=O) groups is 1. The van der Waals surface area contributed by atoms with Crippen molar-refractivity contribution in [2.75, 3.05) is 19.6 Å². The molecule has 0 saturated carbocycles. The molecule has 0 bridgehead atoms. The number of pyridine rings is 1. The quantitative estimate of drug-likeness (QED) is 0.876. The van der Waals surface area contributed by atoms with Gasteiger partial charge >= 0.3 is 0 Å². The van der Waals surface area contributed by atoms with Crippen LogP contribution in [0.2, 0.25) is 0 Å². The number of likely N-dealkylation sites (tertiary alicyclic amines) is 1. The Kier molecular flexibility index (Phi) is 5.15. The molecule has 0 unspecified atom stereocenters. The van der Waals surface area contributed by atoms with Gasteiger partial charge in [0.05, 0.1) is 6.54 Å². The van der Waals surface area contributed by atoms with Gasteiger partial charge in [-0.25, -0.2) is 0 Å². The fourth-order valence-corrected chi connectivity index (χ4v) is 3.18. The molecule has 1 aliphatic rings. The van der Waals surface area contributed by atoms with Gasteiger partial charge in [-0.2, -0.15) is 0 Å². The topological polar surface area (TPSA) is 67.5 Å². The summed E-state index contributed by atoms with van der Waals surface area (Å²) in [4.78, 5) is 26.3. The first kappa shape index (κ1) is 16.5. The molecule has 6 nitrogen and oxygen atoms in total. The van der Waals surface area contributed by atoms with Crippen LogP contribution in [0.25, 0.3) is 0 Å². The normalized spacial score (nSPS) is 18.0. The molecule has 0 radical (unpaired) electrons. The third-order valence-electron chi connectivity index (χ3n) is 4.51. The Bertz CT molecular complexity index is 750. The van der Waals surface area contributed by atoms with Gasteiger partial charge in [-0.3, -0.25) is 14.5 Å². The molecular formula is C18H23N3O3. The number of likely N-dealkylation sites (N-methyl/N-ethyl adjacent to an activating group) is 1. The Labute approximate surface area is 141 Å². The van der Waals surface area contributed by atoms with Crippen LogP contribution in [0.15, 0.2) is 45.7 Å². The lowest BCUT2D eigenvalue weighted by atomic mass is 10.2. The lowest BCUT2D eigenvalue weighted by molar-refractivity contribution is 0.0911. The Morgan fingerprint density at radius 2 is 2.21 bits per heavy atom. The van der Waals surface area contributed by atoms with Crippen molar-refractivity contribution in [1.29, 1.82) is 0 Å². The molecule has 1 saturated heterocycles. The maximum absolute atomic E-state index is 12.2. The van der Waals surface area contributed by atoms with E-state index in [2.05, 4.69) is 17.1 Å². The van der Waals surface area contributed by atoms with E-state index in [1.54, 1.807) is 30.5 Å². The zero-order valence-corrected chi connectivity index (χ0v) is 13.9. The number of amides is 1. The van der Waals surface area contributed by atoms with Gasteiger partial charge in [0.1, 0.15) is 5.76 Å². The molecule has 128 valence electrons. The molecule has 2 aromatic rings. The van der Waals surface area contributed by atoms with Crippen LogP contribution in [0.1, 0.15) is 36.1 Å². The molecule has 1 N–H and O–H groups in total. The highest BCUT2D eigenvalue weighted by Gasteiger charge is 2.23. The van der Waals surface area contributed by atoms with Crippen LogP contribution in [-0.4, -0.2) is 41.1 Å². The minimum Gasteiger partial charge on any atom is -0.454 e. The Hall–Kier alpha value is -2.34. The lowest BCUT2D eigenvalue weighted by Crippen LogP contribution is -2.39. The summed E-state index contributed by atoms with van der Waals surface area (Å²) >= 11 is 0. The molecular weight excluding hydrogens is 306 g/mol. The van der Waals surface area contributed by atoms with Gasteiger partial charge < -0.3 is 14.3 Å². The number of aromatic nitrogens is 1. The minimum absolute atomic E-state index is 0.0965. The second-order valence-corrected chi connectivity index (χ2v) is 6.07. The molecule has 3 heterocycles. The van der Waals surface area contributed by atoms with Crippen LogP contribution in [0.3, 0.4) is 0 Å². The molecule has 0 spiro atoms. The van der Waals surface area contributed by atoms with E-state index in [1.165, 1.54) is 17.1 Å². The number of carbonyl (C=O) groups excluding carboxylic acids is 1. The van der Waals surface area contributed by atoms with Gasteiger partial charge in [-0.15, -0.1) is 0 Å². The summed E-state index contributed by atoms with van der Waals surface area (Å²) < 4.78 is 7.13. The second kappa shape index (κ2) is 7.49. The number of hydrogen-bond acceptors (Lipinski definition) is 4. The number of nitrogens with zero attached hydrogens (tertiary/aromatic N) is 2. The van der Waals surface area contributed by atoms with E-state index < -0.39 is 0 Å². The summed E-state index contributed by atoms with van der Waals surface area (Å²) in [6, 6.07) is 8.79. The molecule has 2 aromatic heterocycles. The fraction of sp³-hybridized carbons (Fsp3) is 0.444. The molecule has 1 atom stereocenters. The van der Waals surface area contributed by atoms with Gasteiger partial charge in [0.15, 0.2) is 5.76 Å². The van der Waals surface area contributed by atoms with E-state index in [-0.39, 0.29) is 17.2 Å². The summed E-state index contributed by atoms with van der Waals surface area (Å²) in [5, 5.41) is 2.95. The van der Waals surface area contributed by atoms with E-state index in [0.717, 1.165) is 19.5 Å². The van der Waals surface area contributed by atoms with Gasteiger partial charge in [-0.05, 0) is 44.1 Å². The van der Waals surface area contributed by atoms with Crippen molar-refractivity contribution in [3.05, 3.63) is 58.4 Å². The highest BCUT2D eigenvalue weighted by atomic mass is 16.4. The van der Waals surface area contributed by atoms with Crippen molar-refractivity contribution < 1.29 is 9.21 Å². The van der Waals surface area contributed by atoms with Crippen molar-refractivity contribution >= 4 is 5.91 Å². The SMILES string of the molecule is CCN1CCC[C@H]1CNC(=O)c1ccc(Cn2ccccc2=O)o1. The van der Waals surface area contributed by atoms with Crippen LogP contribution in [-0.2, 0) is 6.54 Å². The van der Waals surface area contributed by atoms with Crippen molar-refractivity contribution in [2.24, 2.45) is 0 Å². The van der Waals surface area contributed by atoms with E-state index in [9.17, 15) is 9.59 Å². The van der Waals surface area contributed by atoms with E-state index in [4.69, 9.17) is 4.42 Å². The summed E-state index contributed by atoms with van der Waals surface area (Å²) in [5.41, 5.74) is -0.0965. The van der Waals surface area contributed by atoms with Gasteiger partial charge in [0.2, 0.25) is 0 Å². The molecule has 1 aliphatic heterocycles. The molecule has 0 aliphatic carbocycles. The average molecular weight is 329 g/mol. The lowest BCUT2D eigenvalue weighted by Gasteiger charge is -2.22. The maximum Gasteiger partial charge on any atom is 0.287 e. The van der Waals surface area contributed by atoms with Gasteiger partial charge in [-0.1, -0.05) is 13.0 Å². The summed E-state index contributed by atoms with van der Waals surface area (Å²) in [7, 11) is 0. The molecule has 24 heavy (non-hydrogen) atoms. The summed E-state index contributed by atoms with van der Waals surface area (Å²) in [5.74, 6) is 0.670. The largest absolute Gasteiger partial charge is 0.454 e. The average Bonchev–Trinajstić information content (AvgIpc) is 3.23. The monoisotopic (exact) mass is 329 g/mol. The third-order valence-corrected chi connectivity index (χ3v) is 4.51. The van der Waals surface area contributed by atoms with Crippen molar-refractivity contribution in [2.45, 2.75) is 32.4 Å². The number of nitrogens with one attached hydrogen (secondary N) is 1. The maximum atomic E-state index is 12.2. The standard InChI is InChI=1S/C18H23N3O3/c1-2-20-11-5-6-14(20)12-19-18(23)16-9-8-15(24-16)13-21-10-4-3-7-17(21)22/h3-4,7-10,14H,2,5-6,11-13H2,1H3,(H,19,23)/t14-/m0/s1. The van der Waals surface area contributed by atoms with Crippen LogP contribution in [0.5, 0.6) is 0 Å². The molecule has 1 fully saturated rings. The fourth-order valence-electron chi connectivity index (χ4n) is 3.18. The molecule has 0 aromatic carbocycles. The highest BCUT2D eigenvalue weighted by molar-refractivity contribution is 5.91. The van der Waals surface area contributed by atoms with Crippen molar-refractivity contribution in [3.63, 3.8) is 0 Å². The molecule has 3 rings (SSSR count). The first-order valence-corrected chi connectivity index (χ1v) is 8.44. The second-order valence-electron chi connectivity index (χ2n) is 6.07. The first-order valence-electron chi connectivity index (χ1n) is 8.44. The predicted octanol–water partition coefficient (Wildman–Crippen LogP) is 1.70. The van der Waals surface area contributed by atoms with Crippen LogP contribution in [0.4, 0.5) is 0 Å². The van der Waals surface area contributed by atoms with Crippen molar-refractivity contribution in [1.82, 2.24) is 14.8 Å². The zero-order chi connectivity index (χ0) is 16.9. The van der Waals surface area contributed by atoms with Crippen LogP contribution in [0, 0.1) is 0 Å². The zero-order valence-electron chi connectivity index (χ0n) is 13.9. The predicted molar refractivity (Wildman–Crippen MR) is 91.1 cm³/mol. The third kappa shape index (κ3) is 3.76. The number of hydrogen-bond donors (Lipinski definition) is 1. The van der Waals surface area contributed by atoms with E-state index in [0.29, 0.717) is 24.9 Å². The van der Waals surface area contributed by atoms with E-state index >= 15 is 0 Å². The molecule has 6 heteroatoms. The first-order chi connectivity index (χ1) is 11.7. The van der Waals surface area contributed by atoms with Gasteiger partial charge in [0.25, 0.3) is 11.5 Å². The molecule has 1 amide bonds. The smallest absolute Gasteiger partial charge is 0.287 e. The number of furan rings is 1. The number of rotatable bonds is 6. The Balaban J connectivity index is 1.58. The highest BCUT2D eigenvalue weighted by Crippen LogP contribution is 2.16. The minimum atomic E-state index is -0.204. The summed E-state index contributed by atoms with van der Waals surface area (Å²) in [6.07, 6.45) is 4.00. The summed E-state index contributed by atoms with van der Waals surface area (Å²) in [6.45, 7) is 5.22. The Morgan fingerprint density at radius 1 is 1.33 bits per heavy atom. The van der Waals surface area contributed by atoms with Crippen molar-refractivity contribution in [3.8, 4) is 0 Å². The van der Waals surface area contributed by atoms with Gasteiger partial charge in [0, 0.05) is 24.8 Å². The van der Waals surface area contributed by atoms with Crippen LogP contribution < -0.4 is 10.9 Å². The van der Waals surface area contributed by atoms with Crippen LogP contribution >= 0.6 is 0 Å². The Morgan fingerprint density at radius 3 is 3.00 bits per heavy atom.